The highest BCUT2D eigenvalue weighted by Gasteiger charge is 2.63. The van der Waals surface area contributed by atoms with Crippen LogP contribution in [0.15, 0.2) is 47.9 Å². The second-order valence-electron chi connectivity index (χ2n) is 8.23. The van der Waals surface area contributed by atoms with Gasteiger partial charge in [-0.3, -0.25) is 4.40 Å². The van der Waals surface area contributed by atoms with Gasteiger partial charge in [0, 0.05) is 18.0 Å². The lowest BCUT2D eigenvalue weighted by Crippen LogP contribution is -2.43. The zero-order valence-corrected chi connectivity index (χ0v) is 20.9. The van der Waals surface area contributed by atoms with Crippen LogP contribution >= 0.6 is 11.8 Å². The monoisotopic (exact) mass is 601 g/mol. The van der Waals surface area contributed by atoms with Crippen molar-refractivity contribution in [2.45, 2.75) is 30.6 Å². The van der Waals surface area contributed by atoms with Crippen molar-refractivity contribution in [1.82, 2.24) is 9.38 Å². The van der Waals surface area contributed by atoms with E-state index in [9.17, 15) is 49.4 Å². The minimum Gasteiger partial charge on any atom is -0.677 e. The maximum absolute atomic E-state index is 14.2. The summed E-state index contributed by atoms with van der Waals surface area (Å²) in [5, 5.41) is 12.6. The molecule has 0 amide bonds. The molecule has 1 unspecified atom stereocenters. The fraction of sp³-hybridized carbons (Fsp3) is 0.348. The number of alkyl halides is 9. The van der Waals surface area contributed by atoms with E-state index < -0.39 is 58.9 Å². The first-order chi connectivity index (χ1) is 18.5. The highest BCUT2D eigenvalue weighted by Crippen LogP contribution is 2.50. The van der Waals surface area contributed by atoms with Crippen molar-refractivity contribution in [2.75, 3.05) is 18.6 Å². The highest BCUT2D eigenvalue weighted by atomic mass is 32.2. The molecular formula is C23H18F9N4O3S-. The summed E-state index contributed by atoms with van der Waals surface area (Å²) >= 11 is 1.71. The number of halogens is 9. The normalized spacial score (nSPS) is 17.7. The predicted molar refractivity (Wildman–Crippen MR) is 126 cm³/mol. The van der Waals surface area contributed by atoms with Crippen molar-refractivity contribution in [3.05, 3.63) is 76.4 Å². The molecule has 40 heavy (non-hydrogen) atoms. The summed E-state index contributed by atoms with van der Waals surface area (Å²) < 4.78 is 123. The van der Waals surface area contributed by atoms with Crippen molar-refractivity contribution in [2.24, 2.45) is 5.16 Å². The van der Waals surface area contributed by atoms with Gasteiger partial charge in [0.15, 0.2) is 5.65 Å². The number of pyridine rings is 1. The lowest BCUT2D eigenvalue weighted by Gasteiger charge is -2.30. The van der Waals surface area contributed by atoms with Gasteiger partial charge < -0.3 is 15.7 Å². The number of thioether (sulfide) groups is 1. The molecular weight excluding hydrogens is 583 g/mol. The Kier molecular flexibility index (Phi) is 8.69. The van der Waals surface area contributed by atoms with Crippen LogP contribution in [0.25, 0.3) is 11.4 Å². The summed E-state index contributed by atoms with van der Waals surface area (Å²) in [4.78, 5) is 19.7. The molecule has 1 aliphatic rings. The average molecular weight is 601 g/mol. The molecule has 0 saturated carbocycles. The second-order valence-corrected chi connectivity index (χ2v) is 9.21. The van der Waals surface area contributed by atoms with Crippen molar-refractivity contribution >= 4 is 29.1 Å². The second kappa shape index (κ2) is 11.2. The Balaban J connectivity index is 0.000000810. The topological polar surface area (TPSA) is 100.0 Å². The molecule has 0 radical (unpaired) electrons. The number of aromatic nitrogens is 2. The van der Waals surface area contributed by atoms with E-state index in [1.54, 1.807) is 11.8 Å². The predicted octanol–water partition coefficient (Wildman–Crippen LogP) is 7.05. The molecule has 0 spiro atoms. The van der Waals surface area contributed by atoms with E-state index in [4.69, 9.17) is 5.73 Å². The summed E-state index contributed by atoms with van der Waals surface area (Å²) in [6.07, 6.45) is -13.2. The molecule has 218 valence electrons. The van der Waals surface area contributed by atoms with Gasteiger partial charge in [0.25, 0.3) is 5.60 Å². The van der Waals surface area contributed by atoms with Gasteiger partial charge in [-0.2, -0.15) is 51.3 Å². The first kappa shape index (κ1) is 31.1. The number of nitrogens with zero attached hydrogens (tertiary/aromatic N) is 3. The SMILES string of the molecule is CSCC[NH-].O=C(O)c1ccc(C2=NOC(c3cc(C(F)(F)F)cc(C(F)(F)F)c3)(C(F)(F)F)C2)n2ccnc12. The van der Waals surface area contributed by atoms with E-state index in [1.165, 1.54) is 6.20 Å². The third kappa shape index (κ3) is 6.14. The quantitative estimate of drug-likeness (QED) is 0.316. The van der Waals surface area contributed by atoms with Crippen molar-refractivity contribution in [3.8, 4) is 0 Å². The molecule has 2 N–H and O–H groups in total. The van der Waals surface area contributed by atoms with Gasteiger partial charge in [-0.15, -0.1) is 6.54 Å². The van der Waals surface area contributed by atoms with Crippen molar-refractivity contribution in [1.29, 1.82) is 0 Å². The van der Waals surface area contributed by atoms with E-state index in [-0.39, 0.29) is 35.1 Å². The molecule has 0 bridgehead atoms. The summed E-state index contributed by atoms with van der Waals surface area (Å²) in [7, 11) is 0. The van der Waals surface area contributed by atoms with Crippen LogP contribution in [-0.4, -0.2) is 50.9 Å². The standard InChI is InChI=1S/C20H10F9N3O3.C3H8NS/c21-18(22,23)10-5-9(6-11(7-10)19(24,25)26)17(20(27,28)29)8-13(31-35-17)14-2-1-12(16(33)34)15-30-3-4-32(14)15;1-5-3-2-4/h1-7H,8H2,(H,33,34);4H,2-3H2,1H3/q;-1. The van der Waals surface area contributed by atoms with Gasteiger partial charge in [0.1, 0.15) is 11.3 Å². The van der Waals surface area contributed by atoms with E-state index in [2.05, 4.69) is 15.0 Å². The number of rotatable bonds is 5. The maximum atomic E-state index is 14.2. The van der Waals surface area contributed by atoms with Gasteiger partial charge in [-0.05, 0) is 42.3 Å². The molecule has 3 aromatic rings. The van der Waals surface area contributed by atoms with Gasteiger partial charge in [0.2, 0.25) is 0 Å². The molecule has 1 atom stereocenters. The molecule has 0 aliphatic carbocycles. The molecule has 0 saturated heterocycles. The summed E-state index contributed by atoms with van der Waals surface area (Å²) in [5.74, 6) is -0.425. The van der Waals surface area contributed by atoms with E-state index >= 15 is 0 Å². The summed E-state index contributed by atoms with van der Waals surface area (Å²) in [6.45, 7) is 0.557. The molecule has 2 aromatic heterocycles. The number of carboxylic acid groups (broad SMARTS) is 1. The van der Waals surface area contributed by atoms with Crippen LogP contribution in [0, 0.1) is 0 Å². The van der Waals surface area contributed by atoms with Gasteiger partial charge in [-0.25, -0.2) is 9.78 Å². The number of oxime groups is 1. The van der Waals surface area contributed by atoms with Crippen LogP contribution in [-0.2, 0) is 22.8 Å². The Bertz CT molecular complexity index is 1380. The summed E-state index contributed by atoms with van der Waals surface area (Å²) in [6, 6.07) is 1.65. The lowest BCUT2D eigenvalue weighted by molar-refractivity contribution is -0.276. The number of hydrogen-bond acceptors (Lipinski definition) is 5. The minimum atomic E-state index is -5.50. The Labute approximate surface area is 223 Å². The Morgan fingerprint density at radius 2 is 1.68 bits per heavy atom. The number of hydrogen-bond donors (Lipinski definition) is 1. The third-order valence-corrected chi connectivity index (χ3v) is 6.23. The maximum Gasteiger partial charge on any atom is 0.435 e. The van der Waals surface area contributed by atoms with Crippen LogP contribution in [0.3, 0.4) is 0 Å². The minimum absolute atomic E-state index is 0.0679. The largest absolute Gasteiger partial charge is 0.677 e. The zero-order chi connectivity index (χ0) is 30.1. The Morgan fingerprint density at radius 3 is 2.12 bits per heavy atom. The first-order valence-corrected chi connectivity index (χ1v) is 12.3. The van der Waals surface area contributed by atoms with Crippen molar-refractivity contribution in [3.63, 3.8) is 0 Å². The van der Waals surface area contributed by atoms with Crippen LogP contribution in [0.4, 0.5) is 39.5 Å². The number of carboxylic acids is 1. The lowest BCUT2D eigenvalue weighted by atomic mass is 9.85. The van der Waals surface area contributed by atoms with E-state index in [0.29, 0.717) is 6.54 Å². The highest BCUT2D eigenvalue weighted by molar-refractivity contribution is 7.98. The molecule has 4 rings (SSSR count). The molecule has 3 heterocycles. The van der Waals surface area contributed by atoms with Crippen LogP contribution in [0.2, 0.25) is 0 Å². The fourth-order valence-corrected chi connectivity index (χ4v) is 3.95. The van der Waals surface area contributed by atoms with Crippen LogP contribution in [0.1, 0.15) is 39.2 Å². The number of carbonyl (C=O) groups is 1. The number of fused-ring (bicyclic) bond motifs is 1. The summed E-state index contributed by atoms with van der Waals surface area (Å²) in [5.41, 5.74) is -3.61. The average Bonchev–Trinajstić information content (AvgIpc) is 3.51. The molecule has 0 fully saturated rings. The number of nitrogens with one attached hydrogen (secondary N) is 1. The number of imidazole rings is 1. The Hall–Kier alpha value is -3.47. The Morgan fingerprint density at radius 1 is 1.07 bits per heavy atom. The number of aromatic carboxylic acids is 1. The first-order valence-electron chi connectivity index (χ1n) is 10.9. The smallest absolute Gasteiger partial charge is 0.435 e. The molecule has 17 heteroatoms. The van der Waals surface area contributed by atoms with Crippen LogP contribution in [0.5, 0.6) is 0 Å². The van der Waals surface area contributed by atoms with Gasteiger partial charge in [-0.1, -0.05) is 5.16 Å². The fourth-order valence-electron chi connectivity index (χ4n) is 3.75. The molecule has 7 nitrogen and oxygen atoms in total. The molecule has 1 aromatic carbocycles. The zero-order valence-electron chi connectivity index (χ0n) is 20.1. The third-order valence-electron chi connectivity index (χ3n) is 5.62. The van der Waals surface area contributed by atoms with Gasteiger partial charge >= 0.3 is 24.5 Å². The van der Waals surface area contributed by atoms with Crippen molar-refractivity contribution < 1.29 is 54.3 Å². The van der Waals surface area contributed by atoms with Crippen LogP contribution < -0.4 is 0 Å². The van der Waals surface area contributed by atoms with Gasteiger partial charge in [0.05, 0.1) is 23.2 Å². The molecule has 1 aliphatic heterocycles. The van der Waals surface area contributed by atoms with E-state index in [1.807, 2.05) is 6.26 Å². The number of benzene rings is 1. The van der Waals surface area contributed by atoms with E-state index in [0.717, 1.165) is 28.5 Å².